The Labute approximate surface area is 183 Å². The summed E-state index contributed by atoms with van der Waals surface area (Å²) in [5.74, 6) is 1.25. The lowest BCUT2D eigenvalue weighted by atomic mass is 10.1. The van der Waals surface area contributed by atoms with Crippen LogP contribution < -0.4 is 4.90 Å². The van der Waals surface area contributed by atoms with E-state index in [1.165, 1.54) is 16.7 Å². The highest BCUT2D eigenvalue weighted by atomic mass is 16.2. The number of benzene rings is 3. The van der Waals surface area contributed by atoms with E-state index in [-0.39, 0.29) is 11.8 Å². The molecule has 0 N–H and O–H groups in total. The molecule has 0 saturated carbocycles. The Morgan fingerprint density at radius 3 is 2.39 bits per heavy atom. The Bertz CT molecular complexity index is 1220. The molecule has 1 fully saturated rings. The van der Waals surface area contributed by atoms with Gasteiger partial charge in [0.1, 0.15) is 5.82 Å². The van der Waals surface area contributed by atoms with Gasteiger partial charge in [0.2, 0.25) is 5.91 Å². The average molecular weight is 410 g/mol. The third-order valence-electron chi connectivity index (χ3n) is 6.29. The van der Waals surface area contributed by atoms with E-state index in [2.05, 4.69) is 85.1 Å². The number of nitrogens with zero attached hydrogens (tertiary/aromatic N) is 3. The van der Waals surface area contributed by atoms with Crippen molar-refractivity contribution in [1.29, 1.82) is 0 Å². The van der Waals surface area contributed by atoms with Crippen molar-refractivity contribution in [2.45, 2.75) is 39.2 Å². The largest absolute Gasteiger partial charge is 0.323 e. The van der Waals surface area contributed by atoms with E-state index in [0.717, 1.165) is 35.5 Å². The molecular formula is C27H27N3O. The van der Waals surface area contributed by atoms with E-state index in [4.69, 9.17) is 4.98 Å². The molecule has 31 heavy (non-hydrogen) atoms. The summed E-state index contributed by atoms with van der Waals surface area (Å²) in [4.78, 5) is 19.8. The van der Waals surface area contributed by atoms with Crippen LogP contribution in [0.4, 0.5) is 5.69 Å². The van der Waals surface area contributed by atoms with E-state index in [1.54, 1.807) is 0 Å². The molecule has 1 unspecified atom stereocenters. The maximum atomic E-state index is 12.9. The second-order valence-corrected chi connectivity index (χ2v) is 8.46. The number of amides is 1. The smallest absolute Gasteiger partial charge is 0.227 e. The number of anilines is 1. The lowest BCUT2D eigenvalue weighted by molar-refractivity contribution is -0.117. The summed E-state index contributed by atoms with van der Waals surface area (Å²) in [6.07, 6.45) is 1.49. The second-order valence-electron chi connectivity index (χ2n) is 8.46. The first-order chi connectivity index (χ1) is 15.1. The Kier molecular flexibility index (Phi) is 5.06. The summed E-state index contributed by atoms with van der Waals surface area (Å²) in [5.41, 5.74) is 6.87. The van der Waals surface area contributed by atoms with Crippen molar-refractivity contribution in [3.05, 3.63) is 95.3 Å². The molecule has 4 nitrogen and oxygen atoms in total. The Morgan fingerprint density at radius 2 is 1.65 bits per heavy atom. The lowest BCUT2D eigenvalue weighted by Crippen LogP contribution is -2.24. The number of carbonyl (C=O) groups is 1. The number of hydrogen-bond donors (Lipinski definition) is 0. The van der Waals surface area contributed by atoms with Crippen molar-refractivity contribution >= 4 is 22.6 Å². The van der Waals surface area contributed by atoms with E-state index in [0.29, 0.717) is 13.0 Å². The first-order valence-corrected chi connectivity index (χ1v) is 11.0. The Balaban J connectivity index is 1.49. The van der Waals surface area contributed by atoms with Crippen LogP contribution in [0.25, 0.3) is 11.0 Å². The van der Waals surface area contributed by atoms with Gasteiger partial charge in [0.15, 0.2) is 0 Å². The molecule has 0 radical (unpaired) electrons. The third-order valence-corrected chi connectivity index (χ3v) is 6.29. The van der Waals surface area contributed by atoms with E-state index in [1.807, 2.05) is 11.0 Å². The number of aromatic nitrogens is 2. The molecule has 0 aliphatic carbocycles. The van der Waals surface area contributed by atoms with Gasteiger partial charge in [0.25, 0.3) is 0 Å². The first kappa shape index (κ1) is 19.6. The SMILES string of the molecule is CCc1ccc(N2CC(c3nc4ccccc4n3Cc3ccc(C)cc3)CC2=O)cc1. The highest BCUT2D eigenvalue weighted by molar-refractivity contribution is 5.96. The summed E-state index contributed by atoms with van der Waals surface area (Å²) < 4.78 is 2.29. The summed E-state index contributed by atoms with van der Waals surface area (Å²) in [6.45, 7) is 5.67. The predicted octanol–water partition coefficient (Wildman–Crippen LogP) is 5.48. The molecule has 1 amide bonds. The molecule has 1 aliphatic heterocycles. The predicted molar refractivity (Wildman–Crippen MR) is 126 cm³/mol. The molecule has 1 aliphatic rings. The Morgan fingerprint density at radius 1 is 0.935 bits per heavy atom. The molecule has 4 aromatic rings. The number of imidazole rings is 1. The summed E-state index contributed by atoms with van der Waals surface area (Å²) in [6, 6.07) is 25.3. The van der Waals surface area contributed by atoms with Crippen molar-refractivity contribution in [1.82, 2.24) is 9.55 Å². The molecule has 4 heteroatoms. The average Bonchev–Trinajstić information content (AvgIpc) is 3.36. The van der Waals surface area contributed by atoms with Crippen LogP contribution in [0.3, 0.4) is 0 Å². The van der Waals surface area contributed by atoms with Gasteiger partial charge in [-0.15, -0.1) is 0 Å². The van der Waals surface area contributed by atoms with Gasteiger partial charge in [-0.1, -0.05) is 61.0 Å². The van der Waals surface area contributed by atoms with Crippen molar-refractivity contribution in [3.63, 3.8) is 0 Å². The van der Waals surface area contributed by atoms with E-state index >= 15 is 0 Å². The minimum atomic E-state index is 0.0798. The number of para-hydroxylation sites is 2. The lowest BCUT2D eigenvalue weighted by Gasteiger charge is -2.18. The van der Waals surface area contributed by atoms with Gasteiger partial charge in [0.05, 0.1) is 11.0 Å². The molecule has 3 aromatic carbocycles. The van der Waals surface area contributed by atoms with Gasteiger partial charge in [-0.05, 0) is 48.7 Å². The summed E-state index contributed by atoms with van der Waals surface area (Å²) >= 11 is 0. The third kappa shape index (κ3) is 3.74. The second kappa shape index (κ2) is 8.03. The normalized spacial score (nSPS) is 16.4. The van der Waals surface area contributed by atoms with Crippen molar-refractivity contribution < 1.29 is 4.79 Å². The number of fused-ring (bicyclic) bond motifs is 1. The minimum absolute atomic E-state index is 0.0798. The van der Waals surface area contributed by atoms with Gasteiger partial charge in [-0.3, -0.25) is 4.79 Å². The molecule has 0 bridgehead atoms. The standard InChI is InChI=1S/C27H27N3O/c1-3-20-12-14-23(15-13-20)29-18-22(16-26(29)31)27-28-24-6-4-5-7-25(24)30(27)17-21-10-8-19(2)9-11-21/h4-15,22H,3,16-18H2,1-2H3. The van der Waals surface area contributed by atoms with Crippen LogP contribution >= 0.6 is 0 Å². The molecule has 1 aromatic heterocycles. The van der Waals surface area contributed by atoms with E-state index in [9.17, 15) is 4.79 Å². The molecule has 2 heterocycles. The zero-order valence-corrected chi connectivity index (χ0v) is 18.1. The van der Waals surface area contributed by atoms with Gasteiger partial charge in [0, 0.05) is 31.1 Å². The van der Waals surface area contributed by atoms with Gasteiger partial charge >= 0.3 is 0 Å². The molecular weight excluding hydrogens is 382 g/mol. The number of aryl methyl sites for hydroxylation is 2. The molecule has 5 rings (SSSR count). The highest BCUT2D eigenvalue weighted by Crippen LogP contribution is 2.33. The van der Waals surface area contributed by atoms with Crippen molar-refractivity contribution in [2.75, 3.05) is 11.4 Å². The topological polar surface area (TPSA) is 38.1 Å². The maximum absolute atomic E-state index is 12.9. The monoisotopic (exact) mass is 409 g/mol. The molecule has 156 valence electrons. The fourth-order valence-electron chi connectivity index (χ4n) is 4.49. The van der Waals surface area contributed by atoms with Crippen LogP contribution in [0.2, 0.25) is 0 Å². The van der Waals surface area contributed by atoms with Crippen LogP contribution in [-0.2, 0) is 17.8 Å². The van der Waals surface area contributed by atoms with Crippen LogP contribution in [0.15, 0.2) is 72.8 Å². The van der Waals surface area contributed by atoms with Crippen molar-refractivity contribution in [3.8, 4) is 0 Å². The number of rotatable bonds is 5. The van der Waals surface area contributed by atoms with Gasteiger partial charge in [-0.25, -0.2) is 4.98 Å². The summed E-state index contributed by atoms with van der Waals surface area (Å²) in [5, 5.41) is 0. The highest BCUT2D eigenvalue weighted by Gasteiger charge is 2.34. The summed E-state index contributed by atoms with van der Waals surface area (Å²) in [7, 11) is 0. The zero-order valence-electron chi connectivity index (χ0n) is 18.1. The van der Waals surface area contributed by atoms with E-state index < -0.39 is 0 Å². The minimum Gasteiger partial charge on any atom is -0.323 e. The van der Waals surface area contributed by atoms with Gasteiger partial charge < -0.3 is 9.47 Å². The molecule has 1 atom stereocenters. The molecule has 0 spiro atoms. The van der Waals surface area contributed by atoms with Gasteiger partial charge in [-0.2, -0.15) is 0 Å². The quantitative estimate of drug-likeness (QED) is 0.438. The molecule has 1 saturated heterocycles. The van der Waals surface area contributed by atoms with Crippen molar-refractivity contribution in [2.24, 2.45) is 0 Å². The van der Waals surface area contributed by atoms with Crippen LogP contribution in [-0.4, -0.2) is 22.0 Å². The van der Waals surface area contributed by atoms with Crippen LogP contribution in [0.1, 0.15) is 41.8 Å². The number of hydrogen-bond acceptors (Lipinski definition) is 2. The zero-order chi connectivity index (χ0) is 21.4. The van der Waals surface area contributed by atoms with Crippen LogP contribution in [0.5, 0.6) is 0 Å². The Hall–Kier alpha value is -3.40. The first-order valence-electron chi connectivity index (χ1n) is 11.0. The van der Waals surface area contributed by atoms with Crippen LogP contribution in [0, 0.1) is 6.92 Å². The maximum Gasteiger partial charge on any atom is 0.227 e. The number of carbonyl (C=O) groups excluding carboxylic acids is 1. The fraction of sp³-hybridized carbons (Fsp3) is 0.259. The fourth-order valence-corrected chi connectivity index (χ4v) is 4.49.